The lowest BCUT2D eigenvalue weighted by Crippen LogP contribution is -2.40. The highest BCUT2D eigenvalue weighted by atomic mass is 19.4. The lowest BCUT2D eigenvalue weighted by Gasteiger charge is -2.32. The fourth-order valence-electron chi connectivity index (χ4n) is 3.70. The summed E-state index contributed by atoms with van der Waals surface area (Å²) in [6.45, 7) is 2.27. The van der Waals surface area contributed by atoms with Gasteiger partial charge in [-0.15, -0.1) is 0 Å². The number of halogens is 3. The Morgan fingerprint density at radius 2 is 1.62 bits per heavy atom. The summed E-state index contributed by atoms with van der Waals surface area (Å²) < 4.78 is 40.9. The molecule has 1 aliphatic heterocycles. The second-order valence-electron chi connectivity index (χ2n) is 7.84. The van der Waals surface area contributed by atoms with E-state index in [4.69, 9.17) is 0 Å². The molecule has 0 atom stereocenters. The van der Waals surface area contributed by atoms with Gasteiger partial charge in [0.1, 0.15) is 0 Å². The number of hydrogen-bond acceptors (Lipinski definition) is 5. The highest BCUT2D eigenvalue weighted by Crippen LogP contribution is 2.30. The van der Waals surface area contributed by atoms with Crippen LogP contribution in [-0.2, 0) is 19.3 Å². The van der Waals surface area contributed by atoms with Gasteiger partial charge in [0.15, 0.2) is 11.5 Å². The Labute approximate surface area is 164 Å². The van der Waals surface area contributed by atoms with Crippen LogP contribution in [0.25, 0.3) is 0 Å². The van der Waals surface area contributed by atoms with Gasteiger partial charge < -0.3 is 9.47 Å². The van der Waals surface area contributed by atoms with Crippen molar-refractivity contribution in [3.8, 4) is 0 Å². The second kappa shape index (κ2) is 7.64. The van der Waals surface area contributed by atoms with Crippen molar-refractivity contribution < 1.29 is 13.2 Å². The van der Waals surface area contributed by atoms with Crippen LogP contribution in [0.3, 0.4) is 0 Å². The van der Waals surface area contributed by atoms with Crippen LogP contribution in [0.15, 0.2) is 34.4 Å². The number of aromatic nitrogens is 4. The molecule has 0 radical (unpaired) electrons. The van der Waals surface area contributed by atoms with E-state index in [1.54, 1.807) is 17.0 Å². The van der Waals surface area contributed by atoms with Crippen LogP contribution in [0.1, 0.15) is 31.4 Å². The first-order chi connectivity index (χ1) is 13.8. The van der Waals surface area contributed by atoms with Crippen molar-refractivity contribution in [2.24, 2.45) is 11.8 Å². The summed E-state index contributed by atoms with van der Waals surface area (Å²) in [4.78, 5) is 34.2. The minimum atomic E-state index is -4.63. The normalized spacial score (nSPS) is 18.2. The Morgan fingerprint density at radius 3 is 2.24 bits per heavy atom. The van der Waals surface area contributed by atoms with Crippen LogP contribution >= 0.6 is 0 Å². The van der Waals surface area contributed by atoms with Gasteiger partial charge >= 0.3 is 6.18 Å². The third-order valence-electron chi connectivity index (χ3n) is 5.59. The molecule has 1 aliphatic carbocycles. The first-order valence-electron chi connectivity index (χ1n) is 9.75. The van der Waals surface area contributed by atoms with Gasteiger partial charge in [-0.05, 0) is 37.5 Å². The molecule has 0 unspecified atom stereocenters. The van der Waals surface area contributed by atoms with E-state index in [-0.39, 0.29) is 11.5 Å². The number of piperidine rings is 1. The van der Waals surface area contributed by atoms with Gasteiger partial charge in [-0.3, -0.25) is 14.2 Å². The molecule has 156 valence electrons. The zero-order valence-electron chi connectivity index (χ0n) is 15.8. The standard InChI is InChI=1S/C19H22F3N5O2/c20-19(21,22)15-9-16(28)27(12-24-15)11-14-3-6-25(7-4-14)17-18(29)26(8-5-23-17)10-13-1-2-13/h5,8-9,12-14H,1-4,6-7,10-11H2. The molecule has 4 rings (SSSR count). The van der Waals surface area contributed by atoms with E-state index in [1.165, 1.54) is 4.57 Å². The highest BCUT2D eigenvalue weighted by Gasteiger charge is 2.33. The van der Waals surface area contributed by atoms with E-state index in [0.29, 0.717) is 50.3 Å². The van der Waals surface area contributed by atoms with E-state index in [2.05, 4.69) is 9.97 Å². The molecule has 1 saturated heterocycles. The van der Waals surface area contributed by atoms with Crippen molar-refractivity contribution in [2.75, 3.05) is 18.0 Å². The van der Waals surface area contributed by atoms with Gasteiger partial charge in [-0.25, -0.2) is 9.97 Å². The molecule has 0 bridgehead atoms. The van der Waals surface area contributed by atoms with E-state index in [9.17, 15) is 22.8 Å². The fourth-order valence-corrected chi connectivity index (χ4v) is 3.70. The molecule has 10 heteroatoms. The average Bonchev–Trinajstić information content (AvgIpc) is 3.49. The Morgan fingerprint density at radius 1 is 0.966 bits per heavy atom. The molecule has 2 aliphatic rings. The molecule has 2 aromatic rings. The summed E-state index contributed by atoms with van der Waals surface area (Å²) in [5.41, 5.74) is -1.96. The Bertz CT molecular complexity index is 988. The lowest BCUT2D eigenvalue weighted by atomic mass is 9.96. The molecule has 3 heterocycles. The predicted octanol–water partition coefficient (Wildman–Crippen LogP) is 2.15. The number of anilines is 1. The summed E-state index contributed by atoms with van der Waals surface area (Å²) in [5, 5.41) is 0. The molecule has 0 spiro atoms. The van der Waals surface area contributed by atoms with Crippen molar-refractivity contribution in [3.05, 3.63) is 51.2 Å². The van der Waals surface area contributed by atoms with Crippen LogP contribution in [0, 0.1) is 11.8 Å². The van der Waals surface area contributed by atoms with Crippen LogP contribution < -0.4 is 16.0 Å². The van der Waals surface area contributed by atoms with Gasteiger partial charge in [0.05, 0.1) is 6.33 Å². The van der Waals surface area contributed by atoms with Crippen molar-refractivity contribution in [2.45, 2.75) is 44.9 Å². The molecule has 0 amide bonds. The van der Waals surface area contributed by atoms with Crippen LogP contribution in [0.4, 0.5) is 19.0 Å². The maximum atomic E-state index is 12.7. The number of alkyl halides is 3. The van der Waals surface area contributed by atoms with E-state index in [1.807, 2.05) is 4.90 Å². The zero-order chi connectivity index (χ0) is 20.6. The third-order valence-corrected chi connectivity index (χ3v) is 5.59. The Kier molecular flexibility index (Phi) is 5.18. The first-order valence-corrected chi connectivity index (χ1v) is 9.75. The smallest absolute Gasteiger partial charge is 0.352 e. The topological polar surface area (TPSA) is 73.0 Å². The molecule has 2 aromatic heterocycles. The molecule has 1 saturated carbocycles. The van der Waals surface area contributed by atoms with Crippen LogP contribution in [0.2, 0.25) is 0 Å². The van der Waals surface area contributed by atoms with Gasteiger partial charge in [-0.2, -0.15) is 13.2 Å². The van der Waals surface area contributed by atoms with E-state index >= 15 is 0 Å². The molecule has 0 N–H and O–H groups in total. The maximum Gasteiger partial charge on any atom is 0.433 e. The van der Waals surface area contributed by atoms with Crippen molar-refractivity contribution in [1.82, 2.24) is 19.1 Å². The summed E-state index contributed by atoms with van der Waals surface area (Å²) in [6, 6.07) is 0.533. The maximum absolute atomic E-state index is 12.7. The molecular formula is C19H22F3N5O2. The summed E-state index contributed by atoms with van der Waals surface area (Å²) >= 11 is 0. The summed E-state index contributed by atoms with van der Waals surface area (Å²) in [6.07, 6.45) is 3.46. The summed E-state index contributed by atoms with van der Waals surface area (Å²) in [7, 11) is 0. The predicted molar refractivity (Wildman–Crippen MR) is 99.7 cm³/mol. The summed E-state index contributed by atoms with van der Waals surface area (Å²) in [5.74, 6) is 1.16. The second-order valence-corrected chi connectivity index (χ2v) is 7.84. The van der Waals surface area contributed by atoms with Crippen molar-refractivity contribution in [1.29, 1.82) is 0 Å². The monoisotopic (exact) mass is 409 g/mol. The zero-order valence-corrected chi connectivity index (χ0v) is 15.8. The van der Waals surface area contributed by atoms with Gasteiger partial charge in [0, 0.05) is 44.6 Å². The quantitative estimate of drug-likeness (QED) is 0.757. The lowest BCUT2D eigenvalue weighted by molar-refractivity contribution is -0.141. The van der Waals surface area contributed by atoms with Gasteiger partial charge in [-0.1, -0.05) is 0 Å². The minimum absolute atomic E-state index is 0.0824. The molecular weight excluding hydrogens is 387 g/mol. The van der Waals surface area contributed by atoms with Gasteiger partial charge in [0.2, 0.25) is 0 Å². The highest BCUT2D eigenvalue weighted by molar-refractivity contribution is 5.36. The Balaban J connectivity index is 1.39. The molecule has 7 nitrogen and oxygen atoms in total. The van der Waals surface area contributed by atoms with E-state index < -0.39 is 17.4 Å². The van der Waals surface area contributed by atoms with Gasteiger partial charge in [0.25, 0.3) is 11.1 Å². The Hall–Kier alpha value is -2.65. The largest absolute Gasteiger partial charge is 0.433 e. The molecule has 0 aromatic carbocycles. The van der Waals surface area contributed by atoms with Crippen molar-refractivity contribution in [3.63, 3.8) is 0 Å². The first kappa shape index (κ1) is 19.7. The number of hydrogen-bond donors (Lipinski definition) is 0. The fraction of sp³-hybridized carbons (Fsp3) is 0.579. The minimum Gasteiger partial charge on any atom is -0.352 e. The number of rotatable bonds is 5. The van der Waals surface area contributed by atoms with Crippen LogP contribution in [-0.4, -0.2) is 32.2 Å². The van der Waals surface area contributed by atoms with Crippen LogP contribution in [0.5, 0.6) is 0 Å². The van der Waals surface area contributed by atoms with E-state index in [0.717, 1.165) is 25.7 Å². The molecule has 29 heavy (non-hydrogen) atoms. The SMILES string of the molecule is O=c1cc(C(F)(F)F)ncn1CC1CCN(c2nccn(CC3CC3)c2=O)CC1. The van der Waals surface area contributed by atoms with Crippen molar-refractivity contribution >= 4 is 5.82 Å². The molecule has 2 fully saturated rings. The average molecular weight is 409 g/mol. The number of nitrogens with zero attached hydrogens (tertiary/aromatic N) is 5. The third kappa shape index (κ3) is 4.51.